The highest BCUT2D eigenvalue weighted by Gasteiger charge is 2.05. The molecule has 24 heavy (non-hydrogen) atoms. The van der Waals surface area contributed by atoms with Crippen molar-refractivity contribution in [1.82, 2.24) is 19.6 Å². The fourth-order valence-electron chi connectivity index (χ4n) is 2.43. The van der Waals surface area contributed by atoms with Crippen LogP contribution >= 0.6 is 24.0 Å². The van der Waals surface area contributed by atoms with Crippen LogP contribution in [-0.2, 0) is 6.42 Å². The Balaban J connectivity index is 0.00000288. The van der Waals surface area contributed by atoms with E-state index in [2.05, 4.69) is 41.9 Å². The van der Waals surface area contributed by atoms with Crippen LogP contribution in [0.25, 0.3) is 5.65 Å². The summed E-state index contributed by atoms with van der Waals surface area (Å²) in [6.45, 7) is 8.45. The van der Waals surface area contributed by atoms with Crippen molar-refractivity contribution in [1.29, 1.82) is 0 Å². The van der Waals surface area contributed by atoms with E-state index in [1.54, 1.807) is 0 Å². The van der Waals surface area contributed by atoms with Gasteiger partial charge in [-0.05, 0) is 31.9 Å². The van der Waals surface area contributed by atoms with Gasteiger partial charge in [-0.15, -0.1) is 30.6 Å². The van der Waals surface area contributed by atoms with E-state index in [0.717, 1.165) is 56.2 Å². The lowest BCUT2D eigenvalue weighted by Crippen LogP contribution is -2.39. The van der Waals surface area contributed by atoms with E-state index in [1.165, 1.54) is 0 Å². The maximum absolute atomic E-state index is 4.71. The molecule has 2 aromatic heterocycles. The Kier molecular flexibility index (Phi) is 9.44. The first-order valence-electron chi connectivity index (χ1n) is 8.27. The molecule has 0 amide bonds. The van der Waals surface area contributed by atoms with Crippen LogP contribution < -0.4 is 5.32 Å². The average Bonchev–Trinajstić information content (AvgIpc) is 2.97. The van der Waals surface area contributed by atoms with Crippen LogP contribution in [-0.4, -0.2) is 46.9 Å². The number of hydrogen-bond acceptors (Lipinski definition) is 2. The van der Waals surface area contributed by atoms with Crippen LogP contribution in [0.2, 0.25) is 0 Å². The minimum atomic E-state index is 0. The molecule has 0 spiro atoms. The number of rotatable bonds is 8. The Labute approximate surface area is 161 Å². The zero-order chi connectivity index (χ0) is 16.5. The zero-order valence-corrected chi connectivity index (χ0v) is 16.9. The SMILES string of the molecule is C=CCCCN(C)C(=NCCc1cn2ccccc2n1)NCC.I. The minimum Gasteiger partial charge on any atom is -0.357 e. The molecule has 0 radical (unpaired) electrons. The van der Waals surface area contributed by atoms with Gasteiger partial charge >= 0.3 is 0 Å². The highest BCUT2D eigenvalue weighted by molar-refractivity contribution is 14.0. The van der Waals surface area contributed by atoms with E-state index < -0.39 is 0 Å². The summed E-state index contributed by atoms with van der Waals surface area (Å²) in [7, 11) is 2.08. The summed E-state index contributed by atoms with van der Waals surface area (Å²) >= 11 is 0. The topological polar surface area (TPSA) is 44.9 Å². The number of unbranched alkanes of at least 4 members (excludes halogenated alkanes) is 1. The first-order chi connectivity index (χ1) is 11.2. The third kappa shape index (κ3) is 6.14. The second kappa shape index (κ2) is 11.1. The van der Waals surface area contributed by atoms with Crippen molar-refractivity contribution >= 4 is 35.6 Å². The summed E-state index contributed by atoms with van der Waals surface area (Å²) in [6, 6.07) is 6.04. The minimum absolute atomic E-state index is 0. The summed E-state index contributed by atoms with van der Waals surface area (Å²) in [5.41, 5.74) is 2.06. The first kappa shape index (κ1) is 20.5. The van der Waals surface area contributed by atoms with E-state index in [-0.39, 0.29) is 24.0 Å². The quantitative estimate of drug-likeness (QED) is 0.225. The molecule has 0 unspecified atom stereocenters. The molecule has 5 nitrogen and oxygen atoms in total. The maximum atomic E-state index is 4.71. The van der Waals surface area contributed by atoms with E-state index in [0.29, 0.717) is 0 Å². The smallest absolute Gasteiger partial charge is 0.193 e. The number of hydrogen-bond donors (Lipinski definition) is 1. The van der Waals surface area contributed by atoms with Gasteiger partial charge in [0.2, 0.25) is 0 Å². The number of pyridine rings is 1. The fourth-order valence-corrected chi connectivity index (χ4v) is 2.43. The van der Waals surface area contributed by atoms with Crippen molar-refractivity contribution in [2.24, 2.45) is 4.99 Å². The normalized spacial score (nSPS) is 11.2. The molecule has 0 aromatic carbocycles. The summed E-state index contributed by atoms with van der Waals surface area (Å²) in [5.74, 6) is 0.959. The van der Waals surface area contributed by atoms with Gasteiger partial charge in [-0.3, -0.25) is 4.99 Å². The third-order valence-electron chi connectivity index (χ3n) is 3.64. The Bertz CT molecular complexity index is 617. The summed E-state index contributed by atoms with van der Waals surface area (Å²) < 4.78 is 2.05. The van der Waals surface area contributed by atoms with Crippen LogP contribution in [0.5, 0.6) is 0 Å². The largest absolute Gasteiger partial charge is 0.357 e. The maximum Gasteiger partial charge on any atom is 0.193 e. The van der Waals surface area contributed by atoms with E-state index in [1.807, 2.05) is 34.9 Å². The van der Waals surface area contributed by atoms with E-state index in [9.17, 15) is 0 Å². The zero-order valence-electron chi connectivity index (χ0n) is 14.6. The van der Waals surface area contributed by atoms with E-state index in [4.69, 9.17) is 4.99 Å². The number of aromatic nitrogens is 2. The van der Waals surface area contributed by atoms with Crippen molar-refractivity contribution in [3.05, 3.63) is 48.9 Å². The molecular formula is C18H28IN5. The lowest BCUT2D eigenvalue weighted by atomic mass is 10.3. The van der Waals surface area contributed by atoms with Gasteiger partial charge in [-0.25, -0.2) is 4.98 Å². The van der Waals surface area contributed by atoms with Gasteiger partial charge in [0.25, 0.3) is 0 Å². The highest BCUT2D eigenvalue weighted by Crippen LogP contribution is 2.05. The van der Waals surface area contributed by atoms with E-state index >= 15 is 0 Å². The second-order valence-corrected chi connectivity index (χ2v) is 5.54. The predicted octanol–water partition coefficient (Wildman–Crippen LogP) is 3.36. The monoisotopic (exact) mass is 441 g/mol. The van der Waals surface area contributed by atoms with Crippen molar-refractivity contribution in [2.75, 3.05) is 26.7 Å². The number of guanidine groups is 1. The molecule has 6 heteroatoms. The summed E-state index contributed by atoms with van der Waals surface area (Å²) in [5, 5.41) is 3.35. The molecule has 2 aromatic rings. The molecule has 2 heterocycles. The number of nitrogens with zero attached hydrogens (tertiary/aromatic N) is 4. The number of nitrogens with one attached hydrogen (secondary N) is 1. The highest BCUT2D eigenvalue weighted by atomic mass is 127. The van der Waals surface area contributed by atoms with Crippen molar-refractivity contribution in [2.45, 2.75) is 26.2 Å². The van der Waals surface area contributed by atoms with Crippen molar-refractivity contribution < 1.29 is 0 Å². The molecule has 2 rings (SSSR count). The lowest BCUT2D eigenvalue weighted by Gasteiger charge is -2.21. The molecule has 0 saturated heterocycles. The van der Waals surface area contributed by atoms with Crippen molar-refractivity contribution in [3.63, 3.8) is 0 Å². The fraction of sp³-hybridized carbons (Fsp3) is 0.444. The molecule has 0 aliphatic rings. The van der Waals surface area contributed by atoms with Crippen molar-refractivity contribution in [3.8, 4) is 0 Å². The van der Waals surface area contributed by atoms with Gasteiger partial charge in [0.1, 0.15) is 5.65 Å². The third-order valence-corrected chi connectivity index (χ3v) is 3.64. The Morgan fingerprint density at radius 1 is 1.46 bits per heavy atom. The molecule has 0 saturated carbocycles. The number of fused-ring (bicyclic) bond motifs is 1. The Morgan fingerprint density at radius 3 is 3.00 bits per heavy atom. The predicted molar refractivity (Wildman–Crippen MR) is 112 cm³/mol. The molecule has 0 bridgehead atoms. The van der Waals surface area contributed by atoms with Crippen LogP contribution in [0.4, 0.5) is 0 Å². The average molecular weight is 441 g/mol. The standard InChI is InChI=1S/C18H27N5.HI/c1-4-6-8-13-22(3)18(19-5-2)20-12-11-16-15-23-14-9-7-10-17(23)21-16;/h4,7,9-10,14-15H,1,5-6,8,11-13H2,2-3H3,(H,19,20);1H. The van der Waals surface area contributed by atoms with Crippen LogP contribution in [0.1, 0.15) is 25.5 Å². The molecular weight excluding hydrogens is 413 g/mol. The summed E-state index contributed by atoms with van der Waals surface area (Å²) in [6.07, 6.45) is 9.03. The number of imidazole rings is 1. The molecule has 0 aliphatic carbocycles. The summed E-state index contributed by atoms with van der Waals surface area (Å²) in [4.78, 5) is 11.5. The van der Waals surface area contributed by atoms with Crippen LogP contribution in [0.15, 0.2) is 48.2 Å². The number of aliphatic imine (C=N–C) groups is 1. The van der Waals surface area contributed by atoms with Crippen LogP contribution in [0.3, 0.4) is 0 Å². The molecule has 132 valence electrons. The number of allylic oxidation sites excluding steroid dienone is 1. The second-order valence-electron chi connectivity index (χ2n) is 5.54. The van der Waals surface area contributed by atoms with Crippen LogP contribution in [0, 0.1) is 0 Å². The molecule has 0 atom stereocenters. The van der Waals surface area contributed by atoms with Gasteiger partial charge in [-0.1, -0.05) is 12.1 Å². The molecule has 1 N–H and O–H groups in total. The number of halogens is 1. The van der Waals surface area contributed by atoms with Gasteiger partial charge in [-0.2, -0.15) is 0 Å². The Morgan fingerprint density at radius 2 is 2.29 bits per heavy atom. The lowest BCUT2D eigenvalue weighted by molar-refractivity contribution is 0.470. The molecule has 0 aliphatic heterocycles. The van der Waals surface area contributed by atoms with Gasteiger partial charge in [0.05, 0.1) is 5.69 Å². The Hall–Kier alpha value is -1.57. The van der Waals surface area contributed by atoms with Gasteiger partial charge in [0, 0.05) is 45.5 Å². The molecule has 0 fully saturated rings. The first-order valence-corrected chi connectivity index (χ1v) is 8.27. The van der Waals surface area contributed by atoms with Gasteiger partial charge < -0.3 is 14.6 Å². The van der Waals surface area contributed by atoms with Gasteiger partial charge in [0.15, 0.2) is 5.96 Å².